The molecule has 0 aliphatic carbocycles. The Kier molecular flexibility index (Phi) is 5.58. The van der Waals surface area contributed by atoms with Gasteiger partial charge in [0.1, 0.15) is 11.3 Å². The second-order valence-electron chi connectivity index (χ2n) is 6.64. The molecular weight excluding hydrogens is 392 g/mol. The number of methoxy groups -OCH3 is 1. The number of aromatic carboxylic acids is 1. The standard InChI is InChI=1S/C20H18N4O6/c1-11-8-15(16(24(28)29)9-12(11)2)19(25)17-18(20(26)27)23(22-21-17)10-13-4-6-14(30-3)7-5-13/h4-9H,10H2,1-3H3,(H,26,27). The first-order valence-corrected chi connectivity index (χ1v) is 8.83. The SMILES string of the molecule is COc1ccc(Cn2nnc(C(=O)c3cc(C)c(C)cc3[N+](=O)[O-])c2C(=O)O)cc1. The van der Waals surface area contributed by atoms with Gasteiger partial charge in [0.25, 0.3) is 5.69 Å². The minimum Gasteiger partial charge on any atom is -0.497 e. The lowest BCUT2D eigenvalue weighted by atomic mass is 9.99. The smallest absolute Gasteiger partial charge is 0.356 e. The minimum absolute atomic E-state index is 0.0426. The zero-order chi connectivity index (χ0) is 22.0. The van der Waals surface area contributed by atoms with Gasteiger partial charge in [-0.15, -0.1) is 5.10 Å². The fourth-order valence-corrected chi connectivity index (χ4v) is 2.95. The van der Waals surface area contributed by atoms with E-state index in [0.29, 0.717) is 22.4 Å². The average molecular weight is 410 g/mol. The first-order valence-electron chi connectivity index (χ1n) is 8.83. The van der Waals surface area contributed by atoms with Gasteiger partial charge in [-0.3, -0.25) is 14.9 Å². The Bertz CT molecular complexity index is 1150. The molecule has 10 nitrogen and oxygen atoms in total. The van der Waals surface area contributed by atoms with E-state index in [-0.39, 0.29) is 12.1 Å². The molecule has 0 unspecified atom stereocenters. The molecule has 0 bridgehead atoms. The molecule has 0 radical (unpaired) electrons. The highest BCUT2D eigenvalue weighted by atomic mass is 16.6. The first kappa shape index (κ1) is 20.6. The Morgan fingerprint density at radius 1 is 1.17 bits per heavy atom. The number of ether oxygens (including phenoxy) is 1. The number of carbonyl (C=O) groups excluding carboxylic acids is 1. The number of nitrogens with zero attached hydrogens (tertiary/aromatic N) is 4. The largest absolute Gasteiger partial charge is 0.497 e. The predicted molar refractivity (Wildman–Crippen MR) is 105 cm³/mol. The van der Waals surface area contributed by atoms with Crippen molar-refractivity contribution in [2.45, 2.75) is 20.4 Å². The Labute approximate surface area is 170 Å². The maximum atomic E-state index is 13.0. The van der Waals surface area contributed by atoms with Crippen molar-refractivity contribution in [3.8, 4) is 5.75 Å². The van der Waals surface area contributed by atoms with Crippen LogP contribution >= 0.6 is 0 Å². The van der Waals surface area contributed by atoms with E-state index in [1.54, 1.807) is 38.1 Å². The van der Waals surface area contributed by atoms with Crippen LogP contribution in [0.2, 0.25) is 0 Å². The molecule has 154 valence electrons. The van der Waals surface area contributed by atoms with Crippen molar-refractivity contribution in [3.63, 3.8) is 0 Å². The van der Waals surface area contributed by atoms with Crippen LogP contribution in [-0.2, 0) is 6.54 Å². The molecule has 0 saturated heterocycles. The van der Waals surface area contributed by atoms with Gasteiger partial charge in [0, 0.05) is 6.07 Å². The average Bonchev–Trinajstić information content (AvgIpc) is 3.13. The number of carbonyl (C=O) groups is 2. The summed E-state index contributed by atoms with van der Waals surface area (Å²) in [6.07, 6.45) is 0. The van der Waals surface area contributed by atoms with E-state index in [1.807, 2.05) is 0 Å². The Balaban J connectivity index is 2.05. The monoisotopic (exact) mass is 410 g/mol. The number of hydrogen-bond acceptors (Lipinski definition) is 7. The highest BCUT2D eigenvalue weighted by Crippen LogP contribution is 2.26. The molecule has 3 aromatic rings. The maximum absolute atomic E-state index is 13.0. The van der Waals surface area contributed by atoms with Crippen molar-refractivity contribution in [2.24, 2.45) is 0 Å². The van der Waals surface area contributed by atoms with Gasteiger partial charge in [0.05, 0.1) is 18.6 Å². The zero-order valence-corrected chi connectivity index (χ0v) is 16.4. The van der Waals surface area contributed by atoms with Crippen molar-refractivity contribution in [3.05, 3.63) is 80.2 Å². The second kappa shape index (κ2) is 8.11. The summed E-state index contributed by atoms with van der Waals surface area (Å²) in [6.45, 7) is 3.43. The summed E-state index contributed by atoms with van der Waals surface area (Å²) in [6, 6.07) is 9.51. The van der Waals surface area contributed by atoms with Gasteiger partial charge in [-0.25, -0.2) is 9.48 Å². The summed E-state index contributed by atoms with van der Waals surface area (Å²) in [7, 11) is 1.53. The molecule has 0 spiro atoms. The van der Waals surface area contributed by atoms with Gasteiger partial charge >= 0.3 is 5.97 Å². The number of carboxylic acid groups (broad SMARTS) is 1. The number of hydrogen-bond donors (Lipinski definition) is 1. The number of carboxylic acids is 1. The van der Waals surface area contributed by atoms with E-state index in [1.165, 1.54) is 19.2 Å². The van der Waals surface area contributed by atoms with Gasteiger partial charge in [-0.05, 0) is 48.7 Å². The summed E-state index contributed by atoms with van der Waals surface area (Å²) >= 11 is 0. The summed E-state index contributed by atoms with van der Waals surface area (Å²) in [5.41, 5.74) is 0.461. The molecule has 30 heavy (non-hydrogen) atoms. The number of nitro groups is 1. The summed E-state index contributed by atoms with van der Waals surface area (Å²) in [5.74, 6) is -1.65. The fraction of sp³-hybridized carbons (Fsp3) is 0.200. The van der Waals surface area contributed by atoms with Crippen molar-refractivity contribution >= 4 is 17.4 Å². The van der Waals surface area contributed by atoms with Crippen LogP contribution in [-0.4, -0.2) is 43.9 Å². The molecule has 2 aromatic carbocycles. The van der Waals surface area contributed by atoms with Crippen LogP contribution in [0.5, 0.6) is 5.75 Å². The first-order chi connectivity index (χ1) is 14.2. The lowest BCUT2D eigenvalue weighted by molar-refractivity contribution is -0.385. The van der Waals surface area contributed by atoms with E-state index in [4.69, 9.17) is 4.74 Å². The summed E-state index contributed by atoms with van der Waals surface area (Å²) < 4.78 is 6.16. The number of aryl methyl sites for hydroxylation is 2. The zero-order valence-electron chi connectivity index (χ0n) is 16.4. The van der Waals surface area contributed by atoms with Crippen LogP contribution in [0.15, 0.2) is 36.4 Å². The van der Waals surface area contributed by atoms with Gasteiger partial charge in [-0.1, -0.05) is 17.3 Å². The lowest BCUT2D eigenvalue weighted by Gasteiger charge is -2.07. The van der Waals surface area contributed by atoms with Crippen LogP contribution in [0.1, 0.15) is 43.2 Å². The summed E-state index contributed by atoms with van der Waals surface area (Å²) in [5, 5.41) is 28.6. The molecule has 3 rings (SSSR count). The third-order valence-electron chi connectivity index (χ3n) is 4.70. The van der Waals surface area contributed by atoms with Gasteiger partial charge in [0.15, 0.2) is 11.4 Å². The Morgan fingerprint density at radius 2 is 1.80 bits per heavy atom. The normalized spacial score (nSPS) is 10.6. The molecule has 0 amide bonds. The van der Waals surface area contributed by atoms with Crippen molar-refractivity contribution in [1.82, 2.24) is 15.0 Å². The molecule has 0 atom stereocenters. The van der Waals surface area contributed by atoms with Crippen molar-refractivity contribution in [1.29, 1.82) is 0 Å². The molecular formula is C20H18N4O6. The maximum Gasteiger partial charge on any atom is 0.356 e. The van der Waals surface area contributed by atoms with Gasteiger partial charge < -0.3 is 9.84 Å². The molecule has 0 saturated carbocycles. The number of ketones is 1. The Morgan fingerprint density at radius 3 is 2.37 bits per heavy atom. The van der Waals surface area contributed by atoms with Crippen LogP contribution in [0, 0.1) is 24.0 Å². The molecule has 10 heteroatoms. The van der Waals surface area contributed by atoms with E-state index in [2.05, 4.69) is 10.3 Å². The van der Waals surface area contributed by atoms with Crippen molar-refractivity contribution < 1.29 is 24.4 Å². The third kappa shape index (κ3) is 3.88. The fourth-order valence-electron chi connectivity index (χ4n) is 2.95. The highest BCUT2D eigenvalue weighted by molar-refractivity contribution is 6.14. The third-order valence-corrected chi connectivity index (χ3v) is 4.70. The predicted octanol–water partition coefficient (Wildman–Crippen LogP) is 2.79. The van der Waals surface area contributed by atoms with Crippen LogP contribution < -0.4 is 4.74 Å². The number of rotatable bonds is 7. The van der Waals surface area contributed by atoms with Crippen molar-refractivity contribution in [2.75, 3.05) is 7.11 Å². The second-order valence-corrected chi connectivity index (χ2v) is 6.64. The Hall–Kier alpha value is -4.08. The van der Waals surface area contributed by atoms with E-state index >= 15 is 0 Å². The highest BCUT2D eigenvalue weighted by Gasteiger charge is 2.30. The van der Waals surface area contributed by atoms with Crippen LogP contribution in [0.3, 0.4) is 0 Å². The molecule has 1 heterocycles. The van der Waals surface area contributed by atoms with Gasteiger partial charge in [0.2, 0.25) is 5.78 Å². The molecule has 0 aliphatic heterocycles. The topological polar surface area (TPSA) is 137 Å². The molecule has 1 N–H and O–H groups in total. The number of nitro benzene ring substituents is 1. The molecule has 0 aliphatic rings. The van der Waals surface area contributed by atoms with E-state index < -0.39 is 33.8 Å². The van der Waals surface area contributed by atoms with E-state index in [0.717, 1.165) is 4.68 Å². The van der Waals surface area contributed by atoms with Crippen LogP contribution in [0.4, 0.5) is 5.69 Å². The van der Waals surface area contributed by atoms with E-state index in [9.17, 15) is 24.8 Å². The van der Waals surface area contributed by atoms with Crippen LogP contribution in [0.25, 0.3) is 0 Å². The minimum atomic E-state index is -1.41. The molecule has 0 fully saturated rings. The number of aromatic nitrogens is 3. The lowest BCUT2D eigenvalue weighted by Crippen LogP contribution is -2.16. The summed E-state index contributed by atoms with van der Waals surface area (Å²) in [4.78, 5) is 35.6. The quantitative estimate of drug-likeness (QED) is 0.356. The van der Waals surface area contributed by atoms with Gasteiger partial charge in [-0.2, -0.15) is 0 Å². The number of benzene rings is 2. The molecule has 1 aromatic heterocycles.